The molecule has 0 aliphatic heterocycles. The molecule has 4 aromatic rings. The molecular weight excluding hydrogens is 456 g/mol. The molecule has 33 heavy (non-hydrogen) atoms. The Morgan fingerprint density at radius 2 is 1.82 bits per heavy atom. The zero-order chi connectivity index (χ0) is 23.2. The number of aromatic hydroxyl groups is 1. The normalized spacial score (nSPS) is 11.6. The van der Waals surface area contributed by atoms with Crippen LogP contribution in [0, 0.1) is 0 Å². The minimum atomic E-state index is -0.213. The zero-order valence-corrected chi connectivity index (χ0v) is 19.6. The van der Waals surface area contributed by atoms with Gasteiger partial charge in [0.1, 0.15) is 5.75 Å². The van der Waals surface area contributed by atoms with Gasteiger partial charge in [0.15, 0.2) is 5.16 Å². The Kier molecular flexibility index (Phi) is 7.32. The van der Waals surface area contributed by atoms with Crippen molar-refractivity contribution in [3.63, 3.8) is 0 Å². The highest BCUT2D eigenvalue weighted by molar-refractivity contribution is 7.99. The molecule has 0 aliphatic carbocycles. The maximum absolute atomic E-state index is 12.5. The second-order valence-corrected chi connectivity index (χ2v) is 8.76. The van der Waals surface area contributed by atoms with Crippen LogP contribution in [-0.2, 0) is 11.3 Å². The van der Waals surface area contributed by atoms with E-state index in [-0.39, 0.29) is 17.4 Å². The third-order valence-electron chi connectivity index (χ3n) is 5.06. The molecular formula is C25H23ClN4O2S. The number of phenols is 1. The molecule has 2 N–H and O–H groups in total. The van der Waals surface area contributed by atoms with Crippen molar-refractivity contribution in [3.8, 4) is 5.75 Å². The molecule has 168 valence electrons. The molecule has 1 aromatic heterocycles. The molecule has 3 aromatic carbocycles. The molecule has 0 radical (unpaired) electrons. The SMILES string of the molecule is CC/C(=N\NC(=O)CSc1nc2ccccc2n1Cc1ccc(Cl)cc1)c1ccc(O)cc1. The number of hydrogen-bond donors (Lipinski definition) is 2. The highest BCUT2D eigenvalue weighted by Crippen LogP contribution is 2.25. The Morgan fingerprint density at radius 3 is 2.55 bits per heavy atom. The molecule has 1 heterocycles. The molecule has 0 spiro atoms. The summed E-state index contributed by atoms with van der Waals surface area (Å²) in [5.74, 6) is 0.158. The summed E-state index contributed by atoms with van der Waals surface area (Å²) in [4.78, 5) is 17.2. The number of hydrazone groups is 1. The van der Waals surface area contributed by atoms with Crippen LogP contribution < -0.4 is 5.43 Å². The van der Waals surface area contributed by atoms with Gasteiger partial charge in [-0.05, 0) is 66.1 Å². The predicted molar refractivity (Wildman–Crippen MR) is 134 cm³/mol. The number of nitrogens with zero attached hydrogens (tertiary/aromatic N) is 3. The first-order valence-electron chi connectivity index (χ1n) is 10.5. The maximum atomic E-state index is 12.5. The number of nitrogens with one attached hydrogen (secondary N) is 1. The van der Waals surface area contributed by atoms with Crippen molar-refractivity contribution < 1.29 is 9.90 Å². The third-order valence-corrected chi connectivity index (χ3v) is 6.29. The number of para-hydroxylation sites is 2. The topological polar surface area (TPSA) is 79.5 Å². The summed E-state index contributed by atoms with van der Waals surface area (Å²) in [5, 5.41) is 15.2. The first-order chi connectivity index (χ1) is 16.0. The summed E-state index contributed by atoms with van der Waals surface area (Å²) in [6.45, 7) is 2.59. The maximum Gasteiger partial charge on any atom is 0.250 e. The van der Waals surface area contributed by atoms with Crippen molar-refractivity contribution >= 4 is 46.0 Å². The van der Waals surface area contributed by atoms with Gasteiger partial charge < -0.3 is 9.67 Å². The van der Waals surface area contributed by atoms with Crippen LogP contribution in [0.1, 0.15) is 24.5 Å². The van der Waals surface area contributed by atoms with Crippen LogP contribution in [0.5, 0.6) is 5.75 Å². The summed E-state index contributed by atoms with van der Waals surface area (Å²) in [5.41, 5.74) is 7.22. The minimum absolute atomic E-state index is 0.181. The van der Waals surface area contributed by atoms with Crippen LogP contribution in [0.4, 0.5) is 0 Å². The fraction of sp³-hybridized carbons (Fsp3) is 0.160. The summed E-state index contributed by atoms with van der Waals surface area (Å²) < 4.78 is 2.10. The molecule has 0 unspecified atom stereocenters. The number of aromatic nitrogens is 2. The lowest BCUT2D eigenvalue weighted by Crippen LogP contribution is -2.22. The van der Waals surface area contributed by atoms with Gasteiger partial charge in [-0.3, -0.25) is 4.79 Å². The Labute approximate surface area is 201 Å². The lowest BCUT2D eigenvalue weighted by molar-refractivity contribution is -0.118. The second-order valence-electron chi connectivity index (χ2n) is 7.38. The van der Waals surface area contributed by atoms with Crippen LogP contribution in [-0.4, -0.2) is 32.0 Å². The zero-order valence-electron chi connectivity index (χ0n) is 18.0. The first kappa shape index (κ1) is 22.9. The monoisotopic (exact) mass is 478 g/mol. The number of imidazole rings is 1. The number of halogens is 1. The summed E-state index contributed by atoms with van der Waals surface area (Å²) >= 11 is 7.40. The van der Waals surface area contributed by atoms with Crippen LogP contribution in [0.3, 0.4) is 0 Å². The van der Waals surface area contributed by atoms with Crippen molar-refractivity contribution in [3.05, 3.63) is 88.9 Å². The molecule has 0 bridgehead atoms. The average Bonchev–Trinajstić information content (AvgIpc) is 3.18. The van der Waals surface area contributed by atoms with E-state index in [1.807, 2.05) is 55.5 Å². The summed E-state index contributed by atoms with van der Waals surface area (Å²) in [7, 11) is 0. The molecule has 0 saturated heterocycles. The van der Waals surface area contributed by atoms with E-state index in [9.17, 15) is 9.90 Å². The van der Waals surface area contributed by atoms with Crippen LogP contribution in [0.15, 0.2) is 83.1 Å². The van der Waals surface area contributed by atoms with E-state index in [0.29, 0.717) is 18.0 Å². The van der Waals surface area contributed by atoms with E-state index in [0.717, 1.165) is 33.0 Å². The van der Waals surface area contributed by atoms with Crippen molar-refractivity contribution in [1.82, 2.24) is 15.0 Å². The quantitative estimate of drug-likeness (QED) is 0.200. The van der Waals surface area contributed by atoms with Crippen molar-refractivity contribution in [1.29, 1.82) is 0 Å². The highest BCUT2D eigenvalue weighted by atomic mass is 35.5. The Morgan fingerprint density at radius 1 is 1.09 bits per heavy atom. The van der Waals surface area contributed by atoms with Gasteiger partial charge >= 0.3 is 0 Å². The highest BCUT2D eigenvalue weighted by Gasteiger charge is 2.13. The Bertz CT molecular complexity index is 1280. The number of amides is 1. The van der Waals surface area contributed by atoms with Gasteiger partial charge in [-0.2, -0.15) is 5.10 Å². The van der Waals surface area contributed by atoms with E-state index in [2.05, 4.69) is 15.1 Å². The Balaban J connectivity index is 1.47. The lowest BCUT2D eigenvalue weighted by Gasteiger charge is -2.09. The molecule has 8 heteroatoms. The smallest absolute Gasteiger partial charge is 0.250 e. The van der Waals surface area contributed by atoms with E-state index in [1.54, 1.807) is 24.3 Å². The molecule has 1 amide bonds. The van der Waals surface area contributed by atoms with Crippen LogP contribution >= 0.6 is 23.4 Å². The molecule has 0 fully saturated rings. The number of benzene rings is 3. The number of hydrogen-bond acceptors (Lipinski definition) is 5. The number of carbonyl (C=O) groups is 1. The van der Waals surface area contributed by atoms with Gasteiger partial charge in [0.25, 0.3) is 5.91 Å². The molecule has 0 aliphatic rings. The van der Waals surface area contributed by atoms with Gasteiger partial charge in [-0.15, -0.1) is 0 Å². The lowest BCUT2D eigenvalue weighted by atomic mass is 10.1. The molecule has 0 saturated carbocycles. The van der Waals surface area contributed by atoms with Gasteiger partial charge in [-0.1, -0.05) is 54.6 Å². The van der Waals surface area contributed by atoms with E-state index < -0.39 is 0 Å². The second kappa shape index (κ2) is 10.6. The molecule has 0 atom stereocenters. The van der Waals surface area contributed by atoms with E-state index >= 15 is 0 Å². The fourth-order valence-electron chi connectivity index (χ4n) is 3.38. The largest absolute Gasteiger partial charge is 0.508 e. The summed E-state index contributed by atoms with van der Waals surface area (Å²) in [6, 6.07) is 22.4. The number of rotatable bonds is 8. The average molecular weight is 479 g/mol. The minimum Gasteiger partial charge on any atom is -0.508 e. The van der Waals surface area contributed by atoms with Crippen molar-refractivity contribution in [2.75, 3.05) is 5.75 Å². The van der Waals surface area contributed by atoms with Crippen molar-refractivity contribution in [2.45, 2.75) is 25.0 Å². The number of fused-ring (bicyclic) bond motifs is 1. The van der Waals surface area contributed by atoms with Crippen LogP contribution in [0.25, 0.3) is 11.0 Å². The standard InChI is InChI=1S/C25H23ClN4O2S/c1-2-21(18-9-13-20(31)14-10-18)28-29-24(32)16-33-25-27-22-5-3-4-6-23(22)30(25)15-17-7-11-19(26)12-8-17/h3-14,31H,2,15-16H2,1H3,(H,29,32)/b28-21+. The van der Waals surface area contributed by atoms with Crippen molar-refractivity contribution in [2.24, 2.45) is 5.10 Å². The first-order valence-corrected chi connectivity index (χ1v) is 11.9. The summed E-state index contributed by atoms with van der Waals surface area (Å²) in [6.07, 6.45) is 0.648. The number of carbonyl (C=O) groups excluding carboxylic acids is 1. The molecule has 6 nitrogen and oxygen atoms in total. The van der Waals surface area contributed by atoms with Crippen LogP contribution in [0.2, 0.25) is 5.02 Å². The number of thioether (sulfide) groups is 1. The van der Waals surface area contributed by atoms with Gasteiger partial charge in [0.2, 0.25) is 0 Å². The van der Waals surface area contributed by atoms with Gasteiger partial charge in [0.05, 0.1) is 29.0 Å². The molecule has 4 rings (SSSR count). The third kappa shape index (κ3) is 5.74. The predicted octanol–water partition coefficient (Wildman–Crippen LogP) is 5.47. The van der Waals surface area contributed by atoms with E-state index in [4.69, 9.17) is 16.6 Å². The Hall–Kier alpha value is -3.29. The van der Waals surface area contributed by atoms with Gasteiger partial charge in [0, 0.05) is 5.02 Å². The fourth-order valence-corrected chi connectivity index (χ4v) is 4.31. The number of phenolic OH excluding ortho intramolecular Hbond substituents is 1. The van der Waals surface area contributed by atoms with Gasteiger partial charge in [-0.25, -0.2) is 10.4 Å². The van der Waals surface area contributed by atoms with E-state index in [1.165, 1.54) is 11.8 Å².